The van der Waals surface area contributed by atoms with E-state index in [1.807, 2.05) is 6.07 Å². The van der Waals surface area contributed by atoms with Crippen molar-refractivity contribution >= 4 is 0 Å². The molecule has 5 heteroatoms. The van der Waals surface area contributed by atoms with Gasteiger partial charge in [0.15, 0.2) is 11.5 Å². The van der Waals surface area contributed by atoms with Crippen LogP contribution in [-0.4, -0.2) is 33.0 Å². The number of benzene rings is 1. The van der Waals surface area contributed by atoms with Crippen molar-refractivity contribution in [1.29, 1.82) is 0 Å². The molecule has 1 aromatic carbocycles. The van der Waals surface area contributed by atoms with Crippen molar-refractivity contribution in [2.45, 2.75) is 18.4 Å². The third-order valence-electron chi connectivity index (χ3n) is 3.47. The highest BCUT2D eigenvalue weighted by molar-refractivity contribution is 5.62. The molecule has 0 saturated heterocycles. The fourth-order valence-corrected chi connectivity index (χ4v) is 2.62. The summed E-state index contributed by atoms with van der Waals surface area (Å²) in [5.41, 5.74) is 7.50. The molecule has 0 aliphatic heterocycles. The van der Waals surface area contributed by atoms with E-state index in [2.05, 4.69) is 0 Å². The summed E-state index contributed by atoms with van der Waals surface area (Å²) in [7, 11) is 4.68. The first-order valence-corrected chi connectivity index (χ1v) is 5.88. The molecule has 18 heavy (non-hydrogen) atoms. The minimum Gasteiger partial charge on any atom is -0.493 e. The molecule has 0 saturated carbocycles. The van der Waals surface area contributed by atoms with Crippen molar-refractivity contribution in [2.75, 3.05) is 27.9 Å². The van der Waals surface area contributed by atoms with Gasteiger partial charge < -0.3 is 25.1 Å². The molecule has 0 aromatic heterocycles. The number of rotatable bonds is 4. The van der Waals surface area contributed by atoms with Gasteiger partial charge in [-0.05, 0) is 30.5 Å². The van der Waals surface area contributed by atoms with Crippen molar-refractivity contribution in [2.24, 2.45) is 5.73 Å². The number of nitrogens with two attached hydrogens (primary N) is 1. The van der Waals surface area contributed by atoms with Crippen molar-refractivity contribution in [3.63, 3.8) is 0 Å². The lowest BCUT2D eigenvalue weighted by Crippen LogP contribution is -2.10. The van der Waals surface area contributed by atoms with Crippen molar-refractivity contribution in [1.82, 2.24) is 0 Å². The van der Waals surface area contributed by atoms with Crippen LogP contribution in [0.2, 0.25) is 0 Å². The van der Waals surface area contributed by atoms with Crippen LogP contribution in [0.25, 0.3) is 0 Å². The predicted molar refractivity (Wildman–Crippen MR) is 67.5 cm³/mol. The van der Waals surface area contributed by atoms with E-state index in [1.165, 1.54) is 0 Å². The van der Waals surface area contributed by atoms with Crippen LogP contribution >= 0.6 is 0 Å². The van der Waals surface area contributed by atoms with Gasteiger partial charge in [0.25, 0.3) is 0 Å². The molecule has 0 radical (unpaired) electrons. The Kier molecular flexibility index (Phi) is 3.63. The standard InChI is InChI=1S/C13H19NO4/c1-16-10-5-8-7(6-14)4-9(15)11(8)13(18-3)12(10)17-2/h5,7,9,15H,4,6,14H2,1-3H3. The van der Waals surface area contributed by atoms with Crippen molar-refractivity contribution < 1.29 is 19.3 Å². The molecule has 2 unspecified atom stereocenters. The zero-order chi connectivity index (χ0) is 13.3. The first kappa shape index (κ1) is 13.0. The first-order chi connectivity index (χ1) is 8.67. The number of methoxy groups -OCH3 is 3. The van der Waals surface area contributed by atoms with Crippen LogP contribution < -0.4 is 19.9 Å². The third kappa shape index (κ3) is 1.79. The minimum atomic E-state index is -0.566. The highest BCUT2D eigenvalue weighted by Crippen LogP contribution is 2.52. The van der Waals surface area contributed by atoms with Crippen LogP contribution in [0.3, 0.4) is 0 Å². The Hall–Kier alpha value is -1.46. The summed E-state index contributed by atoms with van der Waals surface area (Å²) in [6.07, 6.45) is 0.0433. The van der Waals surface area contributed by atoms with Crippen LogP contribution in [-0.2, 0) is 0 Å². The Labute approximate surface area is 106 Å². The van der Waals surface area contributed by atoms with Gasteiger partial charge in [0.2, 0.25) is 5.75 Å². The van der Waals surface area contributed by atoms with E-state index >= 15 is 0 Å². The monoisotopic (exact) mass is 253 g/mol. The average Bonchev–Trinajstić information content (AvgIpc) is 2.72. The van der Waals surface area contributed by atoms with E-state index < -0.39 is 6.10 Å². The molecule has 0 amide bonds. The number of fused-ring (bicyclic) bond motifs is 1. The van der Waals surface area contributed by atoms with Gasteiger partial charge in [-0.2, -0.15) is 0 Å². The summed E-state index contributed by atoms with van der Waals surface area (Å²) in [6.45, 7) is 0.489. The predicted octanol–water partition coefficient (Wildman–Crippen LogP) is 1.19. The quantitative estimate of drug-likeness (QED) is 0.843. The van der Waals surface area contributed by atoms with Gasteiger partial charge in [-0.15, -0.1) is 0 Å². The van der Waals surface area contributed by atoms with Crippen LogP contribution in [0.5, 0.6) is 17.2 Å². The summed E-state index contributed by atoms with van der Waals surface area (Å²) >= 11 is 0. The third-order valence-corrected chi connectivity index (χ3v) is 3.47. The molecular weight excluding hydrogens is 234 g/mol. The molecule has 1 aromatic rings. The number of hydrogen-bond donors (Lipinski definition) is 2. The SMILES string of the molecule is COc1cc2c(c(OC)c1OC)C(O)CC2CN. The molecule has 1 aliphatic carbocycles. The smallest absolute Gasteiger partial charge is 0.203 e. The Balaban J connectivity index is 2.66. The van der Waals surface area contributed by atoms with Gasteiger partial charge in [-0.3, -0.25) is 0 Å². The molecule has 1 aliphatic rings. The highest BCUT2D eigenvalue weighted by Gasteiger charge is 2.35. The fourth-order valence-electron chi connectivity index (χ4n) is 2.62. The summed E-state index contributed by atoms with van der Waals surface area (Å²) in [6, 6.07) is 1.88. The van der Waals surface area contributed by atoms with E-state index in [1.54, 1.807) is 21.3 Å². The van der Waals surface area contributed by atoms with Gasteiger partial charge in [-0.1, -0.05) is 0 Å². The minimum absolute atomic E-state index is 0.128. The van der Waals surface area contributed by atoms with Crippen molar-refractivity contribution in [3.05, 3.63) is 17.2 Å². The number of hydrogen-bond acceptors (Lipinski definition) is 5. The Morgan fingerprint density at radius 1 is 1.22 bits per heavy atom. The second-order valence-electron chi connectivity index (χ2n) is 4.33. The lowest BCUT2D eigenvalue weighted by molar-refractivity contribution is 0.169. The van der Waals surface area contributed by atoms with Gasteiger partial charge in [0.1, 0.15) is 0 Å². The van der Waals surface area contributed by atoms with E-state index in [4.69, 9.17) is 19.9 Å². The summed E-state index contributed by atoms with van der Waals surface area (Å²) in [4.78, 5) is 0. The lowest BCUT2D eigenvalue weighted by Gasteiger charge is -2.18. The molecule has 0 bridgehead atoms. The normalized spacial score (nSPS) is 21.6. The fraction of sp³-hybridized carbons (Fsp3) is 0.538. The van der Waals surface area contributed by atoms with E-state index in [9.17, 15) is 5.11 Å². The average molecular weight is 253 g/mol. The zero-order valence-corrected chi connectivity index (χ0v) is 10.9. The zero-order valence-electron chi connectivity index (χ0n) is 10.9. The molecule has 2 atom stereocenters. The van der Waals surface area contributed by atoms with Gasteiger partial charge in [-0.25, -0.2) is 0 Å². The Bertz CT molecular complexity index is 447. The molecule has 0 heterocycles. The molecule has 2 rings (SSSR count). The maximum absolute atomic E-state index is 10.1. The molecule has 3 N–H and O–H groups in total. The molecule has 0 fully saturated rings. The van der Waals surface area contributed by atoms with Crippen LogP contribution in [0.4, 0.5) is 0 Å². The Morgan fingerprint density at radius 2 is 1.89 bits per heavy atom. The second-order valence-corrected chi connectivity index (χ2v) is 4.33. The van der Waals surface area contributed by atoms with E-state index in [0.717, 1.165) is 11.1 Å². The van der Waals surface area contributed by atoms with Crippen LogP contribution in [0.15, 0.2) is 6.07 Å². The lowest BCUT2D eigenvalue weighted by atomic mass is 10.0. The van der Waals surface area contributed by atoms with Crippen LogP contribution in [0.1, 0.15) is 29.6 Å². The summed E-state index contributed by atoms with van der Waals surface area (Å²) < 4.78 is 16.0. The second kappa shape index (κ2) is 5.04. The highest BCUT2D eigenvalue weighted by atomic mass is 16.5. The molecular formula is C13H19NO4. The molecule has 0 spiro atoms. The molecule has 100 valence electrons. The number of aliphatic hydroxyl groups excluding tert-OH is 1. The van der Waals surface area contributed by atoms with Crippen LogP contribution in [0, 0.1) is 0 Å². The van der Waals surface area contributed by atoms with Gasteiger partial charge in [0.05, 0.1) is 27.4 Å². The van der Waals surface area contributed by atoms with E-state index in [0.29, 0.717) is 30.2 Å². The van der Waals surface area contributed by atoms with Crippen molar-refractivity contribution in [3.8, 4) is 17.2 Å². The number of ether oxygens (including phenoxy) is 3. The summed E-state index contributed by atoms with van der Waals surface area (Å²) in [5, 5.41) is 10.1. The topological polar surface area (TPSA) is 73.9 Å². The largest absolute Gasteiger partial charge is 0.493 e. The summed E-state index contributed by atoms with van der Waals surface area (Å²) in [5.74, 6) is 1.77. The maximum atomic E-state index is 10.1. The van der Waals surface area contributed by atoms with Gasteiger partial charge in [0, 0.05) is 5.56 Å². The maximum Gasteiger partial charge on any atom is 0.203 e. The number of aliphatic hydroxyl groups is 1. The molecule has 5 nitrogen and oxygen atoms in total. The van der Waals surface area contributed by atoms with E-state index in [-0.39, 0.29) is 5.92 Å². The Morgan fingerprint density at radius 3 is 2.39 bits per heavy atom. The first-order valence-electron chi connectivity index (χ1n) is 5.88. The van der Waals surface area contributed by atoms with Gasteiger partial charge >= 0.3 is 0 Å².